The molecule has 0 aliphatic rings. The third-order valence-corrected chi connectivity index (χ3v) is 2.82. The molecule has 0 bridgehead atoms. The van der Waals surface area contributed by atoms with E-state index in [0.29, 0.717) is 5.56 Å². The quantitative estimate of drug-likeness (QED) is 0.795. The standard InChI is InChI=1S/C12H15N3O/c1-8-5-3-4-6-11(8)15-9(2)10(7-13)12(16)14-15/h3-6H,7,13H2,1-2H3,(H,14,16). The fraction of sp³-hybridized carbons (Fsp3) is 0.250. The van der Waals surface area contributed by atoms with Crippen molar-refractivity contribution in [2.24, 2.45) is 5.73 Å². The van der Waals surface area contributed by atoms with Crippen LogP contribution in [0.4, 0.5) is 0 Å². The summed E-state index contributed by atoms with van der Waals surface area (Å²) in [6.07, 6.45) is 0. The number of hydrogen-bond acceptors (Lipinski definition) is 2. The Balaban J connectivity index is 2.66. The second-order valence-corrected chi connectivity index (χ2v) is 3.83. The Morgan fingerprint density at radius 2 is 2.00 bits per heavy atom. The van der Waals surface area contributed by atoms with Crippen molar-refractivity contribution >= 4 is 0 Å². The Morgan fingerprint density at radius 3 is 2.56 bits per heavy atom. The summed E-state index contributed by atoms with van der Waals surface area (Å²) < 4.78 is 1.79. The summed E-state index contributed by atoms with van der Waals surface area (Å²) in [5, 5.41) is 2.80. The van der Waals surface area contributed by atoms with Crippen LogP contribution in [0, 0.1) is 13.8 Å². The number of para-hydroxylation sites is 1. The Bertz CT molecular complexity index is 566. The lowest BCUT2D eigenvalue weighted by atomic mass is 10.2. The van der Waals surface area contributed by atoms with Crippen LogP contribution in [0.5, 0.6) is 0 Å². The van der Waals surface area contributed by atoms with Gasteiger partial charge in [-0.3, -0.25) is 14.6 Å². The number of rotatable bonds is 2. The van der Waals surface area contributed by atoms with Gasteiger partial charge in [-0.25, -0.2) is 0 Å². The summed E-state index contributed by atoms with van der Waals surface area (Å²) in [7, 11) is 0. The third kappa shape index (κ3) is 1.57. The van der Waals surface area contributed by atoms with Gasteiger partial charge in [0.1, 0.15) is 0 Å². The van der Waals surface area contributed by atoms with Gasteiger partial charge >= 0.3 is 0 Å². The van der Waals surface area contributed by atoms with Gasteiger partial charge in [-0.1, -0.05) is 18.2 Å². The Kier molecular flexibility index (Phi) is 2.66. The minimum absolute atomic E-state index is 0.108. The molecule has 0 aliphatic heterocycles. The van der Waals surface area contributed by atoms with Crippen LogP contribution < -0.4 is 11.3 Å². The highest BCUT2D eigenvalue weighted by molar-refractivity contribution is 5.41. The summed E-state index contributed by atoms with van der Waals surface area (Å²) in [5.41, 5.74) is 9.05. The molecule has 0 unspecified atom stereocenters. The zero-order chi connectivity index (χ0) is 11.7. The zero-order valence-electron chi connectivity index (χ0n) is 9.45. The maximum Gasteiger partial charge on any atom is 0.269 e. The molecular weight excluding hydrogens is 202 g/mol. The van der Waals surface area contributed by atoms with Crippen molar-refractivity contribution in [1.82, 2.24) is 9.78 Å². The van der Waals surface area contributed by atoms with Crippen molar-refractivity contribution in [3.05, 3.63) is 51.4 Å². The Morgan fingerprint density at radius 1 is 1.31 bits per heavy atom. The van der Waals surface area contributed by atoms with Gasteiger partial charge < -0.3 is 5.73 Å². The molecule has 1 aromatic heterocycles. The summed E-state index contributed by atoms with van der Waals surface area (Å²) >= 11 is 0. The van der Waals surface area contributed by atoms with E-state index in [4.69, 9.17) is 5.73 Å². The minimum atomic E-state index is -0.108. The topological polar surface area (TPSA) is 63.8 Å². The number of aromatic amines is 1. The number of nitrogens with one attached hydrogen (secondary N) is 1. The molecule has 4 heteroatoms. The van der Waals surface area contributed by atoms with Gasteiger partial charge in [0.25, 0.3) is 5.56 Å². The van der Waals surface area contributed by atoms with E-state index in [9.17, 15) is 4.79 Å². The maximum absolute atomic E-state index is 11.6. The van der Waals surface area contributed by atoms with E-state index in [2.05, 4.69) is 5.10 Å². The van der Waals surface area contributed by atoms with E-state index < -0.39 is 0 Å². The lowest BCUT2D eigenvalue weighted by Crippen LogP contribution is -2.10. The number of aryl methyl sites for hydroxylation is 1. The number of nitrogens with zero attached hydrogens (tertiary/aromatic N) is 1. The molecular formula is C12H15N3O. The first kappa shape index (κ1) is 10.7. The highest BCUT2D eigenvalue weighted by Crippen LogP contribution is 2.14. The van der Waals surface area contributed by atoms with Crippen LogP contribution in [0.15, 0.2) is 29.1 Å². The van der Waals surface area contributed by atoms with Crippen molar-refractivity contribution in [2.45, 2.75) is 20.4 Å². The molecule has 0 amide bonds. The van der Waals surface area contributed by atoms with Gasteiger partial charge in [0, 0.05) is 12.2 Å². The minimum Gasteiger partial charge on any atom is -0.326 e. The first-order valence-electron chi connectivity index (χ1n) is 5.21. The van der Waals surface area contributed by atoms with E-state index in [1.54, 1.807) is 4.68 Å². The van der Waals surface area contributed by atoms with Crippen molar-refractivity contribution in [3.63, 3.8) is 0 Å². The van der Waals surface area contributed by atoms with Gasteiger partial charge in [0.15, 0.2) is 0 Å². The van der Waals surface area contributed by atoms with Crippen LogP contribution in [0.25, 0.3) is 5.69 Å². The van der Waals surface area contributed by atoms with E-state index in [1.165, 1.54) is 0 Å². The molecule has 0 saturated heterocycles. The fourth-order valence-electron chi connectivity index (χ4n) is 1.85. The van der Waals surface area contributed by atoms with Gasteiger partial charge in [0.2, 0.25) is 0 Å². The molecule has 0 spiro atoms. The monoisotopic (exact) mass is 217 g/mol. The SMILES string of the molecule is Cc1ccccc1-n1[nH]c(=O)c(CN)c1C. The van der Waals surface area contributed by atoms with Gasteiger partial charge in [0.05, 0.1) is 11.3 Å². The van der Waals surface area contributed by atoms with Crippen LogP contribution in [-0.4, -0.2) is 9.78 Å². The lowest BCUT2D eigenvalue weighted by Gasteiger charge is -2.08. The smallest absolute Gasteiger partial charge is 0.269 e. The first-order chi connectivity index (χ1) is 7.65. The molecule has 84 valence electrons. The molecule has 2 rings (SSSR count). The van der Waals surface area contributed by atoms with Crippen molar-refractivity contribution < 1.29 is 0 Å². The molecule has 1 heterocycles. The summed E-state index contributed by atoms with van der Waals surface area (Å²) in [5.74, 6) is 0. The van der Waals surface area contributed by atoms with E-state index >= 15 is 0 Å². The third-order valence-electron chi connectivity index (χ3n) is 2.82. The molecule has 1 aromatic carbocycles. The first-order valence-corrected chi connectivity index (χ1v) is 5.21. The van der Waals surface area contributed by atoms with Crippen LogP contribution >= 0.6 is 0 Å². The Hall–Kier alpha value is -1.81. The zero-order valence-corrected chi connectivity index (χ0v) is 9.45. The van der Waals surface area contributed by atoms with Gasteiger partial charge in [-0.05, 0) is 25.5 Å². The highest BCUT2D eigenvalue weighted by atomic mass is 16.1. The number of H-pyrrole nitrogens is 1. The average Bonchev–Trinajstić information content (AvgIpc) is 2.55. The molecule has 16 heavy (non-hydrogen) atoms. The number of nitrogens with two attached hydrogens (primary N) is 1. The second-order valence-electron chi connectivity index (χ2n) is 3.83. The summed E-state index contributed by atoms with van der Waals surface area (Å²) in [6, 6.07) is 7.90. The Labute approximate surface area is 93.7 Å². The van der Waals surface area contributed by atoms with Crippen LogP contribution in [0.1, 0.15) is 16.8 Å². The molecule has 0 radical (unpaired) electrons. The van der Waals surface area contributed by atoms with Crippen molar-refractivity contribution in [2.75, 3.05) is 0 Å². The van der Waals surface area contributed by atoms with Crippen LogP contribution in [0.2, 0.25) is 0 Å². The van der Waals surface area contributed by atoms with Crippen molar-refractivity contribution in [3.8, 4) is 5.69 Å². The van der Waals surface area contributed by atoms with E-state index in [-0.39, 0.29) is 12.1 Å². The van der Waals surface area contributed by atoms with Crippen molar-refractivity contribution in [1.29, 1.82) is 0 Å². The molecule has 4 nitrogen and oxygen atoms in total. The predicted molar refractivity (Wildman–Crippen MR) is 63.8 cm³/mol. The largest absolute Gasteiger partial charge is 0.326 e. The maximum atomic E-state index is 11.6. The van der Waals surface area contributed by atoms with Gasteiger partial charge in [-0.2, -0.15) is 0 Å². The lowest BCUT2D eigenvalue weighted by molar-refractivity contribution is 0.827. The van der Waals surface area contributed by atoms with Gasteiger partial charge in [-0.15, -0.1) is 0 Å². The molecule has 0 aliphatic carbocycles. The molecule has 0 atom stereocenters. The predicted octanol–water partition coefficient (Wildman–Crippen LogP) is 1.24. The number of aromatic nitrogens is 2. The molecule has 0 saturated carbocycles. The summed E-state index contributed by atoms with van der Waals surface area (Å²) in [6.45, 7) is 4.17. The molecule has 2 aromatic rings. The number of hydrogen-bond donors (Lipinski definition) is 2. The average molecular weight is 217 g/mol. The molecule has 3 N–H and O–H groups in total. The fourth-order valence-corrected chi connectivity index (χ4v) is 1.85. The second kappa shape index (κ2) is 3.98. The summed E-state index contributed by atoms with van der Waals surface area (Å²) in [4.78, 5) is 11.6. The molecule has 0 fully saturated rings. The normalized spacial score (nSPS) is 10.7. The van der Waals surface area contributed by atoms with E-state index in [0.717, 1.165) is 16.9 Å². The van der Waals surface area contributed by atoms with Crippen LogP contribution in [-0.2, 0) is 6.54 Å². The number of benzene rings is 1. The highest BCUT2D eigenvalue weighted by Gasteiger charge is 2.11. The van der Waals surface area contributed by atoms with Crippen LogP contribution in [0.3, 0.4) is 0 Å². The van der Waals surface area contributed by atoms with E-state index in [1.807, 2.05) is 38.1 Å².